The van der Waals surface area contributed by atoms with Gasteiger partial charge < -0.3 is 4.84 Å². The van der Waals surface area contributed by atoms with Crippen molar-refractivity contribution in [3.05, 3.63) is 12.7 Å². The Kier molecular flexibility index (Phi) is 2.85. The van der Waals surface area contributed by atoms with Crippen molar-refractivity contribution < 1.29 is 14.4 Å². The summed E-state index contributed by atoms with van der Waals surface area (Å²) in [6.07, 6.45) is 2.83. The van der Waals surface area contributed by atoms with E-state index in [1.165, 1.54) is 6.08 Å². The molecule has 0 saturated carbocycles. The normalized spacial score (nSPS) is 16.3. The topological polar surface area (TPSA) is 46.6 Å². The number of hydrogen-bond acceptors (Lipinski definition) is 3. The summed E-state index contributed by atoms with van der Waals surface area (Å²) in [5, 5.41) is 1.12. The number of amides is 1. The highest BCUT2D eigenvalue weighted by atomic mass is 16.7. The molecule has 1 rings (SSSR count). The van der Waals surface area contributed by atoms with Gasteiger partial charge in [-0.3, -0.25) is 4.79 Å². The first-order valence-electron chi connectivity index (χ1n) is 3.86. The molecule has 1 aliphatic heterocycles. The zero-order chi connectivity index (χ0) is 8.97. The summed E-state index contributed by atoms with van der Waals surface area (Å²) in [5.74, 6) is -0.548. The zero-order valence-corrected chi connectivity index (χ0v) is 6.78. The zero-order valence-electron chi connectivity index (χ0n) is 6.78. The van der Waals surface area contributed by atoms with Crippen molar-refractivity contribution >= 4 is 11.9 Å². The van der Waals surface area contributed by atoms with Crippen LogP contribution in [0.5, 0.6) is 0 Å². The van der Waals surface area contributed by atoms with E-state index in [2.05, 4.69) is 6.58 Å². The van der Waals surface area contributed by atoms with Crippen molar-refractivity contribution in [2.24, 2.45) is 0 Å². The predicted octanol–water partition coefficient (Wildman–Crippen LogP) is 0.643. The molecule has 0 spiro atoms. The van der Waals surface area contributed by atoms with Crippen LogP contribution in [0, 0.1) is 0 Å². The van der Waals surface area contributed by atoms with E-state index in [4.69, 9.17) is 4.84 Å². The maximum atomic E-state index is 10.9. The van der Waals surface area contributed by atoms with Gasteiger partial charge in [-0.25, -0.2) is 4.79 Å². The minimum atomic E-state index is -0.430. The largest absolute Gasteiger partial charge is 0.338 e. The highest BCUT2D eigenvalue weighted by molar-refractivity contribution is 5.79. The summed E-state index contributed by atoms with van der Waals surface area (Å²) in [7, 11) is 0. The van der Waals surface area contributed by atoms with Crippen LogP contribution >= 0.6 is 0 Å². The van der Waals surface area contributed by atoms with E-state index in [9.17, 15) is 9.59 Å². The van der Waals surface area contributed by atoms with Gasteiger partial charge >= 0.3 is 5.97 Å². The molecule has 1 aliphatic rings. The first kappa shape index (κ1) is 8.77. The molecule has 0 aromatic carbocycles. The summed E-state index contributed by atoms with van der Waals surface area (Å²) < 4.78 is 0. The van der Waals surface area contributed by atoms with Gasteiger partial charge in [0.25, 0.3) is 5.91 Å². The molecule has 0 atom stereocenters. The number of hydrogen-bond donors (Lipinski definition) is 0. The second-order valence-electron chi connectivity index (χ2n) is 2.56. The summed E-state index contributed by atoms with van der Waals surface area (Å²) in [6.45, 7) is 3.91. The third kappa shape index (κ3) is 2.08. The SMILES string of the molecule is C=CCC(=O)ON1CCCC1=O. The van der Waals surface area contributed by atoms with E-state index in [1.54, 1.807) is 0 Å². The summed E-state index contributed by atoms with van der Waals surface area (Å²) in [4.78, 5) is 26.5. The molecule has 0 aromatic heterocycles. The number of nitrogens with zero attached hydrogens (tertiary/aromatic N) is 1. The fraction of sp³-hybridized carbons (Fsp3) is 0.500. The quantitative estimate of drug-likeness (QED) is 0.582. The van der Waals surface area contributed by atoms with Crippen LogP contribution in [0.25, 0.3) is 0 Å². The lowest BCUT2D eigenvalue weighted by molar-refractivity contribution is -0.192. The average molecular weight is 169 g/mol. The minimum Gasteiger partial charge on any atom is -0.338 e. The molecule has 12 heavy (non-hydrogen) atoms. The van der Waals surface area contributed by atoms with Crippen molar-refractivity contribution in [2.75, 3.05) is 6.54 Å². The Balaban J connectivity index is 2.34. The van der Waals surface area contributed by atoms with Gasteiger partial charge in [0.2, 0.25) is 0 Å². The maximum absolute atomic E-state index is 10.9. The first-order chi connectivity index (χ1) is 5.74. The van der Waals surface area contributed by atoms with Crippen molar-refractivity contribution in [1.82, 2.24) is 5.06 Å². The minimum absolute atomic E-state index is 0.118. The standard InChI is InChI=1S/C8H11NO3/c1-2-4-8(11)12-9-6-3-5-7(9)10/h2H,1,3-6H2. The molecule has 4 heteroatoms. The van der Waals surface area contributed by atoms with Gasteiger partial charge in [0, 0.05) is 6.42 Å². The lowest BCUT2D eigenvalue weighted by atomic mass is 10.4. The van der Waals surface area contributed by atoms with Crippen molar-refractivity contribution in [3.8, 4) is 0 Å². The Morgan fingerprint density at radius 1 is 1.75 bits per heavy atom. The lowest BCUT2D eigenvalue weighted by Crippen LogP contribution is -2.27. The lowest BCUT2D eigenvalue weighted by Gasteiger charge is -2.13. The van der Waals surface area contributed by atoms with Crippen LogP contribution in [0.2, 0.25) is 0 Å². The Labute approximate surface area is 70.7 Å². The molecule has 1 saturated heterocycles. The summed E-state index contributed by atoms with van der Waals surface area (Å²) in [5.41, 5.74) is 0. The van der Waals surface area contributed by atoms with Crippen LogP contribution in [-0.2, 0) is 14.4 Å². The van der Waals surface area contributed by atoms with Gasteiger partial charge in [-0.1, -0.05) is 6.08 Å². The Bertz CT molecular complexity index is 212. The molecule has 0 aliphatic carbocycles. The third-order valence-electron chi connectivity index (χ3n) is 1.55. The molecular weight excluding hydrogens is 158 g/mol. The van der Waals surface area contributed by atoms with Crippen LogP contribution in [0.3, 0.4) is 0 Å². The van der Waals surface area contributed by atoms with E-state index in [-0.39, 0.29) is 12.3 Å². The fourth-order valence-corrected chi connectivity index (χ4v) is 0.998. The van der Waals surface area contributed by atoms with E-state index in [0.717, 1.165) is 11.5 Å². The molecule has 0 aromatic rings. The third-order valence-corrected chi connectivity index (χ3v) is 1.55. The van der Waals surface area contributed by atoms with Crippen LogP contribution in [0.15, 0.2) is 12.7 Å². The van der Waals surface area contributed by atoms with Gasteiger partial charge in [-0.2, -0.15) is 5.06 Å². The van der Waals surface area contributed by atoms with Crippen molar-refractivity contribution in [3.63, 3.8) is 0 Å². The Morgan fingerprint density at radius 2 is 2.50 bits per heavy atom. The molecule has 4 nitrogen and oxygen atoms in total. The predicted molar refractivity (Wildman–Crippen MR) is 41.9 cm³/mol. The molecule has 1 amide bonds. The number of hydroxylamine groups is 2. The van der Waals surface area contributed by atoms with Crippen LogP contribution in [0.1, 0.15) is 19.3 Å². The van der Waals surface area contributed by atoms with Gasteiger partial charge in [0.1, 0.15) is 0 Å². The highest BCUT2D eigenvalue weighted by Crippen LogP contribution is 2.10. The van der Waals surface area contributed by atoms with Gasteiger partial charge in [-0.15, -0.1) is 6.58 Å². The summed E-state index contributed by atoms with van der Waals surface area (Å²) in [6, 6.07) is 0. The van der Waals surface area contributed by atoms with Crippen molar-refractivity contribution in [2.45, 2.75) is 19.3 Å². The fourth-order valence-electron chi connectivity index (χ4n) is 0.998. The molecule has 0 bridgehead atoms. The van der Waals surface area contributed by atoms with Gasteiger partial charge in [0.05, 0.1) is 13.0 Å². The maximum Gasteiger partial charge on any atom is 0.336 e. The van der Waals surface area contributed by atoms with E-state index < -0.39 is 5.97 Å². The number of carbonyl (C=O) groups is 2. The van der Waals surface area contributed by atoms with Crippen LogP contribution in [-0.4, -0.2) is 23.5 Å². The van der Waals surface area contributed by atoms with Crippen LogP contribution < -0.4 is 0 Å². The summed E-state index contributed by atoms with van der Waals surface area (Å²) >= 11 is 0. The van der Waals surface area contributed by atoms with E-state index >= 15 is 0 Å². The van der Waals surface area contributed by atoms with Crippen molar-refractivity contribution in [1.29, 1.82) is 0 Å². The molecular formula is C8H11NO3. The molecule has 1 fully saturated rings. The Morgan fingerprint density at radius 3 is 3.00 bits per heavy atom. The number of carbonyl (C=O) groups excluding carboxylic acids is 2. The molecule has 1 heterocycles. The van der Waals surface area contributed by atoms with Crippen LogP contribution in [0.4, 0.5) is 0 Å². The first-order valence-corrected chi connectivity index (χ1v) is 3.86. The molecule has 0 radical (unpaired) electrons. The van der Waals surface area contributed by atoms with E-state index in [1.807, 2.05) is 0 Å². The smallest absolute Gasteiger partial charge is 0.336 e. The van der Waals surface area contributed by atoms with Gasteiger partial charge in [0.15, 0.2) is 0 Å². The number of rotatable bonds is 3. The second-order valence-corrected chi connectivity index (χ2v) is 2.56. The second kappa shape index (κ2) is 3.90. The molecule has 66 valence electrons. The average Bonchev–Trinajstić information content (AvgIpc) is 2.37. The van der Waals surface area contributed by atoms with E-state index in [0.29, 0.717) is 13.0 Å². The van der Waals surface area contributed by atoms with Gasteiger partial charge in [-0.05, 0) is 6.42 Å². The highest BCUT2D eigenvalue weighted by Gasteiger charge is 2.23. The molecule has 0 N–H and O–H groups in total. The molecule has 0 unspecified atom stereocenters. The monoisotopic (exact) mass is 169 g/mol. The Hall–Kier alpha value is -1.32.